The van der Waals surface area contributed by atoms with E-state index in [2.05, 4.69) is 5.32 Å². The van der Waals surface area contributed by atoms with Crippen molar-refractivity contribution in [1.82, 2.24) is 10.2 Å². The van der Waals surface area contributed by atoms with Crippen LogP contribution in [-0.2, 0) is 38.5 Å². The molecule has 3 atom stereocenters. The molecule has 2 aromatic rings. The highest BCUT2D eigenvalue weighted by atomic mass is 35.5. The summed E-state index contributed by atoms with van der Waals surface area (Å²) in [5, 5.41) is 12.9. The van der Waals surface area contributed by atoms with E-state index in [4.69, 9.17) is 14.2 Å². The van der Waals surface area contributed by atoms with Gasteiger partial charge in [0.15, 0.2) is 11.5 Å². The first-order valence-corrected chi connectivity index (χ1v) is 11.4. The van der Waals surface area contributed by atoms with Gasteiger partial charge in [-0.3, -0.25) is 14.9 Å². The lowest BCUT2D eigenvalue weighted by molar-refractivity contribution is -0.153. The molecule has 10 heteroatoms. The van der Waals surface area contributed by atoms with Crippen molar-refractivity contribution in [2.45, 2.75) is 50.9 Å². The van der Waals surface area contributed by atoms with E-state index in [1.807, 2.05) is 30.3 Å². The summed E-state index contributed by atoms with van der Waals surface area (Å²) in [6.45, 7) is 1.73. The quantitative estimate of drug-likeness (QED) is 0.459. The smallest absolute Gasteiger partial charge is 0.326 e. The number of fused-ring (bicyclic) bond motifs is 1. The minimum Gasteiger partial charge on any atom is -0.493 e. The highest BCUT2D eigenvalue weighted by molar-refractivity contribution is 5.88. The zero-order chi connectivity index (χ0) is 25.5. The second kappa shape index (κ2) is 13.1. The number of aliphatic carboxylic acids is 1. The van der Waals surface area contributed by atoms with Crippen molar-refractivity contribution < 1.29 is 33.7 Å². The minimum absolute atomic E-state index is 0. The first-order valence-electron chi connectivity index (χ1n) is 11.4. The highest BCUT2D eigenvalue weighted by Crippen LogP contribution is 2.35. The van der Waals surface area contributed by atoms with E-state index in [1.165, 1.54) is 26.2 Å². The SMILES string of the molecule is COC(=O)C(CCc1ccccc1)NC(C)C(=O)N1Cc2cc(OC)c(OC)cc2CC1C(=O)O.Cl. The average Bonchev–Trinajstić information content (AvgIpc) is 2.88. The summed E-state index contributed by atoms with van der Waals surface area (Å²) in [4.78, 5) is 39.2. The number of hydrogen-bond donors (Lipinski definition) is 2. The van der Waals surface area contributed by atoms with Gasteiger partial charge in [0.05, 0.1) is 27.4 Å². The van der Waals surface area contributed by atoms with Crippen molar-refractivity contribution in [2.24, 2.45) is 0 Å². The Morgan fingerprint density at radius 3 is 2.22 bits per heavy atom. The standard InChI is InChI=1S/C26H32N2O7.ClH/c1-16(27-20(26(32)35-4)11-10-17-8-6-5-7-9-17)24(29)28-15-19-14-23(34-3)22(33-2)13-18(19)12-21(28)25(30)31;/h5-9,13-14,16,20-21,27H,10-12,15H2,1-4H3,(H,30,31);1H. The van der Waals surface area contributed by atoms with E-state index in [1.54, 1.807) is 19.1 Å². The van der Waals surface area contributed by atoms with Crippen LogP contribution < -0.4 is 14.8 Å². The second-order valence-corrected chi connectivity index (χ2v) is 8.49. The van der Waals surface area contributed by atoms with Crippen LogP contribution in [0.2, 0.25) is 0 Å². The lowest BCUT2D eigenvalue weighted by Crippen LogP contribution is -2.56. The molecule has 0 saturated heterocycles. The third-order valence-corrected chi connectivity index (χ3v) is 6.28. The van der Waals surface area contributed by atoms with E-state index in [0.717, 1.165) is 16.7 Å². The number of ether oxygens (including phenoxy) is 3. The van der Waals surface area contributed by atoms with E-state index < -0.39 is 36.0 Å². The summed E-state index contributed by atoms with van der Waals surface area (Å²) in [6, 6.07) is 10.7. The zero-order valence-electron chi connectivity index (χ0n) is 20.9. The minimum atomic E-state index is -1.10. The molecule has 0 fully saturated rings. The Morgan fingerprint density at radius 1 is 1.06 bits per heavy atom. The molecule has 3 rings (SSSR count). The Balaban J connectivity index is 0.00000456. The molecule has 1 aliphatic rings. The molecule has 0 bridgehead atoms. The van der Waals surface area contributed by atoms with Crippen LogP contribution >= 0.6 is 12.4 Å². The lowest BCUT2D eigenvalue weighted by atomic mass is 9.92. The van der Waals surface area contributed by atoms with Crippen molar-refractivity contribution in [1.29, 1.82) is 0 Å². The number of nitrogens with zero attached hydrogens (tertiary/aromatic N) is 1. The Hall–Kier alpha value is -3.30. The molecule has 0 aliphatic carbocycles. The number of carboxylic acid groups (broad SMARTS) is 1. The molecule has 0 aromatic heterocycles. The molecule has 9 nitrogen and oxygen atoms in total. The van der Waals surface area contributed by atoms with Crippen LogP contribution in [0.5, 0.6) is 11.5 Å². The molecule has 0 spiro atoms. The number of rotatable bonds is 10. The number of carboxylic acids is 1. The molecular formula is C26H33ClN2O7. The predicted octanol–water partition coefficient (Wildman–Crippen LogP) is 2.62. The van der Waals surface area contributed by atoms with Crippen molar-refractivity contribution in [3.63, 3.8) is 0 Å². The predicted molar refractivity (Wildman–Crippen MR) is 136 cm³/mol. The fourth-order valence-electron chi connectivity index (χ4n) is 4.35. The first-order chi connectivity index (χ1) is 16.8. The van der Waals surface area contributed by atoms with Gasteiger partial charge in [0.25, 0.3) is 0 Å². The number of amides is 1. The van der Waals surface area contributed by atoms with Crippen LogP contribution in [-0.4, -0.2) is 67.3 Å². The monoisotopic (exact) mass is 520 g/mol. The Labute approximate surface area is 217 Å². The molecule has 1 aliphatic heterocycles. The maximum absolute atomic E-state index is 13.4. The molecule has 2 N–H and O–H groups in total. The van der Waals surface area contributed by atoms with Gasteiger partial charge in [-0.25, -0.2) is 4.79 Å². The fraction of sp³-hybridized carbons (Fsp3) is 0.423. The van der Waals surface area contributed by atoms with Gasteiger partial charge in [0.1, 0.15) is 12.1 Å². The average molecular weight is 521 g/mol. The molecule has 1 amide bonds. The van der Waals surface area contributed by atoms with Gasteiger partial charge in [-0.1, -0.05) is 30.3 Å². The van der Waals surface area contributed by atoms with Crippen molar-refractivity contribution >= 4 is 30.3 Å². The Kier molecular flexibility index (Phi) is 10.6. The van der Waals surface area contributed by atoms with Crippen molar-refractivity contribution in [3.8, 4) is 11.5 Å². The van der Waals surface area contributed by atoms with E-state index in [9.17, 15) is 19.5 Å². The van der Waals surface area contributed by atoms with Gasteiger partial charge in [-0.15, -0.1) is 12.4 Å². The maximum Gasteiger partial charge on any atom is 0.326 e. The second-order valence-electron chi connectivity index (χ2n) is 8.49. The molecule has 3 unspecified atom stereocenters. The summed E-state index contributed by atoms with van der Waals surface area (Å²) in [6.07, 6.45) is 1.18. The van der Waals surface area contributed by atoms with Crippen LogP contribution in [0, 0.1) is 0 Å². The topological polar surface area (TPSA) is 114 Å². The summed E-state index contributed by atoms with van der Waals surface area (Å²) in [5.41, 5.74) is 2.63. The number of carbonyl (C=O) groups is 3. The lowest BCUT2D eigenvalue weighted by Gasteiger charge is -2.37. The molecule has 0 saturated carbocycles. The van der Waals surface area contributed by atoms with Gasteiger partial charge in [0, 0.05) is 13.0 Å². The van der Waals surface area contributed by atoms with Crippen LogP contribution in [0.25, 0.3) is 0 Å². The van der Waals surface area contributed by atoms with Gasteiger partial charge < -0.3 is 24.2 Å². The largest absolute Gasteiger partial charge is 0.493 e. The van der Waals surface area contributed by atoms with Gasteiger partial charge >= 0.3 is 11.9 Å². The number of halogens is 1. The van der Waals surface area contributed by atoms with E-state index in [0.29, 0.717) is 24.3 Å². The Morgan fingerprint density at radius 2 is 1.67 bits per heavy atom. The van der Waals surface area contributed by atoms with Gasteiger partial charge in [0.2, 0.25) is 5.91 Å². The summed E-state index contributed by atoms with van der Waals surface area (Å²) in [5.74, 6) is -0.975. The molecular weight excluding hydrogens is 488 g/mol. The van der Waals surface area contributed by atoms with Crippen molar-refractivity contribution in [2.75, 3.05) is 21.3 Å². The first kappa shape index (κ1) is 28.9. The molecule has 36 heavy (non-hydrogen) atoms. The van der Waals surface area contributed by atoms with Crippen LogP contribution in [0.3, 0.4) is 0 Å². The summed E-state index contributed by atoms with van der Waals surface area (Å²) >= 11 is 0. The number of nitrogens with one attached hydrogen (secondary N) is 1. The molecule has 1 heterocycles. The number of carbonyl (C=O) groups excluding carboxylic acids is 2. The van der Waals surface area contributed by atoms with Gasteiger partial charge in [-0.05, 0) is 48.6 Å². The number of aryl methyl sites for hydroxylation is 1. The summed E-state index contributed by atoms with van der Waals surface area (Å²) in [7, 11) is 4.33. The van der Waals surface area contributed by atoms with Crippen LogP contribution in [0.15, 0.2) is 42.5 Å². The maximum atomic E-state index is 13.4. The molecule has 0 radical (unpaired) electrons. The van der Waals surface area contributed by atoms with E-state index >= 15 is 0 Å². The number of hydrogen-bond acceptors (Lipinski definition) is 7. The molecule has 2 aromatic carbocycles. The van der Waals surface area contributed by atoms with Crippen LogP contribution in [0.4, 0.5) is 0 Å². The summed E-state index contributed by atoms with van der Waals surface area (Å²) < 4.78 is 15.6. The third kappa shape index (κ3) is 6.67. The zero-order valence-corrected chi connectivity index (χ0v) is 21.7. The highest BCUT2D eigenvalue weighted by Gasteiger charge is 2.38. The normalized spacial score (nSPS) is 16.1. The van der Waals surface area contributed by atoms with Crippen LogP contribution in [0.1, 0.15) is 30.0 Å². The number of benzene rings is 2. The number of methoxy groups -OCH3 is 3. The van der Waals surface area contributed by atoms with E-state index in [-0.39, 0.29) is 25.4 Å². The fourth-order valence-corrected chi connectivity index (χ4v) is 4.35. The van der Waals surface area contributed by atoms with Gasteiger partial charge in [-0.2, -0.15) is 0 Å². The third-order valence-electron chi connectivity index (χ3n) is 6.28. The molecule has 196 valence electrons. The Bertz CT molecular complexity index is 1060. The number of esters is 1. The van der Waals surface area contributed by atoms with Crippen molar-refractivity contribution in [3.05, 3.63) is 59.2 Å².